The molecule has 5 nitrogen and oxygen atoms in total. The standard InChI is InChI=1S/C22H29NO4/c1-22(2,3)16-8-10-17(11-9-16)27-14-6-7-21(24)23-19-13-12-18(25-4)15-20(19)26-5/h8-13,15H,6-7,14H2,1-5H3,(H,23,24). The summed E-state index contributed by atoms with van der Waals surface area (Å²) < 4.78 is 16.2. The molecule has 0 aliphatic carbocycles. The zero-order valence-electron chi connectivity index (χ0n) is 16.8. The highest BCUT2D eigenvalue weighted by atomic mass is 16.5. The maximum Gasteiger partial charge on any atom is 0.224 e. The third-order valence-electron chi connectivity index (χ3n) is 4.22. The first-order valence-corrected chi connectivity index (χ1v) is 9.08. The fourth-order valence-corrected chi connectivity index (χ4v) is 2.59. The van der Waals surface area contributed by atoms with Gasteiger partial charge in [0, 0.05) is 12.5 Å². The molecule has 0 aliphatic heterocycles. The lowest BCUT2D eigenvalue weighted by molar-refractivity contribution is -0.116. The van der Waals surface area contributed by atoms with Crippen molar-refractivity contribution in [3.63, 3.8) is 0 Å². The summed E-state index contributed by atoms with van der Waals surface area (Å²) in [4.78, 5) is 12.1. The lowest BCUT2D eigenvalue weighted by atomic mass is 9.87. The summed E-state index contributed by atoms with van der Waals surface area (Å²) in [7, 11) is 3.15. The molecule has 5 heteroatoms. The summed E-state index contributed by atoms with van der Waals surface area (Å²) in [6, 6.07) is 13.4. The van der Waals surface area contributed by atoms with Gasteiger partial charge in [0.05, 0.1) is 26.5 Å². The molecule has 2 aromatic carbocycles. The van der Waals surface area contributed by atoms with Gasteiger partial charge in [0.25, 0.3) is 0 Å². The number of anilines is 1. The number of amides is 1. The average molecular weight is 371 g/mol. The van der Waals surface area contributed by atoms with Crippen LogP contribution in [0.3, 0.4) is 0 Å². The van der Waals surface area contributed by atoms with Crippen molar-refractivity contribution in [3.05, 3.63) is 48.0 Å². The first-order valence-electron chi connectivity index (χ1n) is 9.08. The van der Waals surface area contributed by atoms with E-state index in [-0.39, 0.29) is 11.3 Å². The Bertz CT molecular complexity index is 748. The van der Waals surface area contributed by atoms with Crippen LogP contribution in [0.25, 0.3) is 0 Å². The molecule has 1 N–H and O–H groups in total. The topological polar surface area (TPSA) is 56.8 Å². The molecule has 1 amide bonds. The van der Waals surface area contributed by atoms with Crippen molar-refractivity contribution in [3.8, 4) is 17.2 Å². The molecule has 0 aromatic heterocycles. The summed E-state index contributed by atoms with van der Waals surface area (Å²) in [5.74, 6) is 1.99. The maximum atomic E-state index is 12.1. The number of benzene rings is 2. The van der Waals surface area contributed by atoms with Crippen LogP contribution in [-0.2, 0) is 10.2 Å². The smallest absolute Gasteiger partial charge is 0.224 e. The summed E-state index contributed by atoms with van der Waals surface area (Å²) >= 11 is 0. The second-order valence-corrected chi connectivity index (χ2v) is 7.34. The fourth-order valence-electron chi connectivity index (χ4n) is 2.59. The summed E-state index contributed by atoms with van der Waals surface area (Å²) in [5.41, 5.74) is 2.02. The van der Waals surface area contributed by atoms with Gasteiger partial charge in [-0.1, -0.05) is 32.9 Å². The number of carbonyl (C=O) groups excluding carboxylic acids is 1. The average Bonchev–Trinajstić information content (AvgIpc) is 2.65. The van der Waals surface area contributed by atoms with E-state index in [2.05, 4.69) is 38.2 Å². The van der Waals surface area contributed by atoms with E-state index < -0.39 is 0 Å². The number of rotatable bonds is 8. The van der Waals surface area contributed by atoms with Gasteiger partial charge in [0.2, 0.25) is 5.91 Å². The number of methoxy groups -OCH3 is 2. The van der Waals surface area contributed by atoms with E-state index in [1.807, 2.05) is 12.1 Å². The minimum Gasteiger partial charge on any atom is -0.497 e. The summed E-state index contributed by atoms with van der Waals surface area (Å²) in [6.07, 6.45) is 1.00. The van der Waals surface area contributed by atoms with Crippen LogP contribution in [-0.4, -0.2) is 26.7 Å². The molecule has 0 bridgehead atoms. The SMILES string of the molecule is COc1ccc(NC(=O)CCCOc2ccc(C(C)(C)C)cc2)c(OC)c1. The molecule has 0 saturated carbocycles. The summed E-state index contributed by atoms with van der Waals surface area (Å²) in [5, 5.41) is 2.86. The second-order valence-electron chi connectivity index (χ2n) is 7.34. The predicted molar refractivity (Wildman–Crippen MR) is 108 cm³/mol. The largest absolute Gasteiger partial charge is 0.497 e. The number of ether oxygens (including phenoxy) is 3. The number of carbonyl (C=O) groups is 1. The Morgan fingerprint density at radius 2 is 1.63 bits per heavy atom. The normalized spacial score (nSPS) is 11.0. The molecule has 0 unspecified atom stereocenters. The Labute approximate surface area is 161 Å². The molecular formula is C22H29NO4. The molecule has 0 saturated heterocycles. The van der Waals surface area contributed by atoms with Gasteiger partial charge < -0.3 is 19.5 Å². The molecule has 27 heavy (non-hydrogen) atoms. The molecule has 0 atom stereocenters. The Balaban J connectivity index is 1.78. The number of nitrogens with one attached hydrogen (secondary N) is 1. The van der Waals surface area contributed by atoms with Crippen LogP contribution >= 0.6 is 0 Å². The van der Waals surface area contributed by atoms with E-state index in [0.29, 0.717) is 36.6 Å². The minimum atomic E-state index is -0.0786. The van der Waals surface area contributed by atoms with Gasteiger partial charge in [-0.25, -0.2) is 0 Å². The van der Waals surface area contributed by atoms with Crippen molar-refractivity contribution in [2.75, 3.05) is 26.1 Å². The third kappa shape index (κ3) is 6.20. The highest BCUT2D eigenvalue weighted by Gasteiger charge is 2.13. The van der Waals surface area contributed by atoms with Crippen molar-refractivity contribution >= 4 is 11.6 Å². The molecular weight excluding hydrogens is 342 g/mol. The zero-order valence-corrected chi connectivity index (χ0v) is 16.8. The van der Waals surface area contributed by atoms with Gasteiger partial charge >= 0.3 is 0 Å². The number of hydrogen-bond acceptors (Lipinski definition) is 4. The van der Waals surface area contributed by atoms with Crippen molar-refractivity contribution in [1.29, 1.82) is 0 Å². The van der Waals surface area contributed by atoms with E-state index in [9.17, 15) is 4.79 Å². The quantitative estimate of drug-likeness (QED) is 0.677. The predicted octanol–water partition coefficient (Wildman–Crippen LogP) is 4.80. The molecule has 0 spiro atoms. The Morgan fingerprint density at radius 1 is 0.963 bits per heavy atom. The first kappa shape index (κ1) is 20.6. The van der Waals surface area contributed by atoms with Crippen LogP contribution in [0.5, 0.6) is 17.2 Å². The van der Waals surface area contributed by atoms with Crippen molar-refractivity contribution < 1.29 is 19.0 Å². The van der Waals surface area contributed by atoms with E-state index in [4.69, 9.17) is 14.2 Å². The highest BCUT2D eigenvalue weighted by Crippen LogP contribution is 2.29. The van der Waals surface area contributed by atoms with E-state index in [1.165, 1.54) is 5.56 Å². The molecule has 146 valence electrons. The van der Waals surface area contributed by atoms with Gasteiger partial charge in [-0.05, 0) is 41.7 Å². The van der Waals surface area contributed by atoms with Crippen LogP contribution in [0.15, 0.2) is 42.5 Å². The Hall–Kier alpha value is -2.69. The van der Waals surface area contributed by atoms with Gasteiger partial charge in [-0.2, -0.15) is 0 Å². The Morgan fingerprint density at radius 3 is 2.22 bits per heavy atom. The van der Waals surface area contributed by atoms with Crippen molar-refractivity contribution in [1.82, 2.24) is 0 Å². The van der Waals surface area contributed by atoms with Crippen molar-refractivity contribution in [2.24, 2.45) is 0 Å². The molecule has 0 aliphatic rings. The van der Waals surface area contributed by atoms with Crippen LogP contribution in [0.2, 0.25) is 0 Å². The van der Waals surface area contributed by atoms with Gasteiger partial charge in [-0.15, -0.1) is 0 Å². The lowest BCUT2D eigenvalue weighted by Crippen LogP contribution is -2.13. The molecule has 2 aromatic rings. The third-order valence-corrected chi connectivity index (χ3v) is 4.22. The Kier molecular flexibility index (Phi) is 7.11. The van der Waals surface area contributed by atoms with Crippen LogP contribution < -0.4 is 19.5 Å². The highest BCUT2D eigenvalue weighted by molar-refractivity contribution is 5.92. The van der Waals surface area contributed by atoms with Crippen molar-refractivity contribution in [2.45, 2.75) is 39.0 Å². The molecule has 2 rings (SSSR count). The maximum absolute atomic E-state index is 12.1. The van der Waals surface area contributed by atoms with Gasteiger partial charge in [0.15, 0.2) is 0 Å². The first-order chi connectivity index (χ1) is 12.8. The molecule has 0 heterocycles. The minimum absolute atomic E-state index is 0.0786. The zero-order chi connectivity index (χ0) is 19.9. The molecule has 0 fully saturated rings. The number of hydrogen-bond donors (Lipinski definition) is 1. The lowest BCUT2D eigenvalue weighted by Gasteiger charge is -2.19. The van der Waals surface area contributed by atoms with E-state index in [0.717, 1.165) is 5.75 Å². The van der Waals surface area contributed by atoms with Crippen LogP contribution in [0, 0.1) is 0 Å². The van der Waals surface area contributed by atoms with E-state index in [1.54, 1.807) is 32.4 Å². The monoisotopic (exact) mass is 371 g/mol. The van der Waals surface area contributed by atoms with Crippen LogP contribution in [0.1, 0.15) is 39.2 Å². The van der Waals surface area contributed by atoms with Crippen LogP contribution in [0.4, 0.5) is 5.69 Å². The van der Waals surface area contributed by atoms with Gasteiger partial charge in [0.1, 0.15) is 17.2 Å². The molecule has 0 radical (unpaired) electrons. The summed E-state index contributed by atoms with van der Waals surface area (Å²) in [6.45, 7) is 7.03. The fraction of sp³-hybridized carbons (Fsp3) is 0.409. The second kappa shape index (κ2) is 9.31. The van der Waals surface area contributed by atoms with E-state index >= 15 is 0 Å². The van der Waals surface area contributed by atoms with Gasteiger partial charge in [-0.3, -0.25) is 4.79 Å².